The van der Waals surface area contributed by atoms with Crippen molar-refractivity contribution in [3.05, 3.63) is 114 Å². The van der Waals surface area contributed by atoms with Crippen LogP contribution in [0, 0.1) is 0 Å². The van der Waals surface area contributed by atoms with Crippen LogP contribution in [0.3, 0.4) is 0 Å². The van der Waals surface area contributed by atoms with E-state index >= 15 is 0 Å². The molecule has 0 unspecified atom stereocenters. The first-order chi connectivity index (χ1) is 16.8. The molecule has 34 heavy (non-hydrogen) atoms. The molecule has 0 atom stereocenters. The molecule has 0 N–H and O–H groups in total. The van der Waals surface area contributed by atoms with Gasteiger partial charge in [0.05, 0.1) is 22.2 Å². The molecular formula is C30H18BrN3. The summed E-state index contributed by atoms with van der Waals surface area (Å²) in [5, 5.41) is 5.71. The summed E-state index contributed by atoms with van der Waals surface area (Å²) in [6.45, 7) is 0. The molecule has 0 radical (unpaired) electrons. The monoisotopic (exact) mass is 499 g/mol. The first-order valence-corrected chi connectivity index (χ1v) is 12.0. The highest BCUT2D eigenvalue weighted by atomic mass is 79.9. The average Bonchev–Trinajstić information content (AvgIpc) is 3.22. The van der Waals surface area contributed by atoms with Crippen LogP contribution in [0.15, 0.2) is 114 Å². The van der Waals surface area contributed by atoms with E-state index in [9.17, 15) is 0 Å². The van der Waals surface area contributed by atoms with Crippen LogP contribution >= 0.6 is 15.9 Å². The fraction of sp³-hybridized carbons (Fsp3) is 0. The summed E-state index contributed by atoms with van der Waals surface area (Å²) in [6.07, 6.45) is 0. The second-order valence-corrected chi connectivity index (χ2v) is 9.35. The Morgan fingerprint density at radius 3 is 2.18 bits per heavy atom. The summed E-state index contributed by atoms with van der Waals surface area (Å²) >= 11 is 3.65. The van der Waals surface area contributed by atoms with Crippen LogP contribution in [0.2, 0.25) is 0 Å². The second-order valence-electron chi connectivity index (χ2n) is 8.44. The third-order valence-electron chi connectivity index (χ3n) is 6.46. The summed E-state index contributed by atoms with van der Waals surface area (Å²) in [7, 11) is 0. The number of halogens is 1. The number of aromatic nitrogens is 3. The Bertz CT molecular complexity index is 1870. The topological polar surface area (TPSA) is 30.7 Å². The molecule has 0 aliphatic carbocycles. The lowest BCUT2D eigenvalue weighted by atomic mass is 10.0. The lowest BCUT2D eigenvalue weighted by Crippen LogP contribution is -2.03. The van der Waals surface area contributed by atoms with E-state index in [0.29, 0.717) is 5.95 Å². The highest BCUT2D eigenvalue weighted by Gasteiger charge is 2.18. The molecule has 0 bridgehead atoms. The van der Waals surface area contributed by atoms with Gasteiger partial charge in [-0.25, -0.2) is 9.97 Å². The van der Waals surface area contributed by atoms with Gasteiger partial charge in [-0.15, -0.1) is 0 Å². The van der Waals surface area contributed by atoms with Gasteiger partial charge in [-0.2, -0.15) is 0 Å². The van der Waals surface area contributed by atoms with E-state index < -0.39 is 0 Å². The van der Waals surface area contributed by atoms with Gasteiger partial charge >= 0.3 is 0 Å². The molecule has 0 fully saturated rings. The minimum absolute atomic E-state index is 0.677. The van der Waals surface area contributed by atoms with Crippen LogP contribution in [0.4, 0.5) is 0 Å². The van der Waals surface area contributed by atoms with E-state index in [1.807, 2.05) is 6.07 Å². The third-order valence-corrected chi connectivity index (χ3v) is 6.95. The first kappa shape index (κ1) is 19.4. The van der Waals surface area contributed by atoms with Gasteiger partial charge in [-0.1, -0.05) is 94.8 Å². The smallest absolute Gasteiger partial charge is 0.235 e. The highest BCUT2D eigenvalue weighted by Crippen LogP contribution is 2.36. The molecule has 0 aliphatic heterocycles. The predicted octanol–water partition coefficient (Wildman–Crippen LogP) is 8.31. The van der Waals surface area contributed by atoms with Gasteiger partial charge in [0, 0.05) is 31.6 Å². The maximum absolute atomic E-state index is 5.19. The van der Waals surface area contributed by atoms with Gasteiger partial charge in [0.2, 0.25) is 5.95 Å². The predicted molar refractivity (Wildman–Crippen MR) is 145 cm³/mol. The first-order valence-electron chi connectivity index (χ1n) is 11.2. The number of nitrogens with zero attached hydrogens (tertiary/aromatic N) is 3. The largest absolute Gasteiger partial charge is 0.278 e. The van der Waals surface area contributed by atoms with Gasteiger partial charge in [-0.05, 0) is 35.7 Å². The molecule has 5 aromatic carbocycles. The number of rotatable bonds is 2. The van der Waals surface area contributed by atoms with Crippen LogP contribution in [0.5, 0.6) is 0 Å². The number of hydrogen-bond donors (Lipinski definition) is 0. The van der Waals surface area contributed by atoms with Crippen LogP contribution in [-0.2, 0) is 0 Å². The minimum atomic E-state index is 0.677. The van der Waals surface area contributed by atoms with Crippen molar-refractivity contribution in [3.63, 3.8) is 0 Å². The number of hydrogen-bond acceptors (Lipinski definition) is 2. The van der Waals surface area contributed by atoms with Crippen molar-refractivity contribution in [2.24, 2.45) is 0 Å². The average molecular weight is 500 g/mol. The van der Waals surface area contributed by atoms with Gasteiger partial charge in [-0.3, -0.25) is 4.57 Å². The normalized spacial score (nSPS) is 11.7. The molecule has 4 heteroatoms. The maximum atomic E-state index is 5.19. The Balaban J connectivity index is 1.67. The molecule has 160 valence electrons. The Hall–Kier alpha value is -4.02. The van der Waals surface area contributed by atoms with E-state index in [1.54, 1.807) is 0 Å². The second kappa shape index (κ2) is 7.51. The Kier molecular flexibility index (Phi) is 4.29. The zero-order valence-corrected chi connectivity index (χ0v) is 19.7. The number of fused-ring (bicyclic) bond motifs is 6. The quantitative estimate of drug-likeness (QED) is 0.224. The van der Waals surface area contributed by atoms with Crippen LogP contribution in [0.1, 0.15) is 0 Å². The highest BCUT2D eigenvalue weighted by molar-refractivity contribution is 9.10. The standard InChI is InChI=1S/C30H18BrN3/c31-21-15-17-27-25(18-21)23-12-6-7-13-26(23)34(27)30-32-28(20-9-2-1-3-10-20)24-16-14-19-8-4-5-11-22(19)29(24)33-30/h1-18H. The van der Waals surface area contributed by atoms with Crippen LogP contribution in [0.25, 0.3) is 60.7 Å². The van der Waals surface area contributed by atoms with Crippen molar-refractivity contribution in [3.8, 4) is 17.2 Å². The summed E-state index contributed by atoms with van der Waals surface area (Å²) in [6, 6.07) is 37.9. The number of para-hydroxylation sites is 1. The van der Waals surface area contributed by atoms with Crippen molar-refractivity contribution in [2.75, 3.05) is 0 Å². The number of benzene rings is 5. The molecular weight excluding hydrogens is 482 g/mol. The van der Waals surface area contributed by atoms with Gasteiger partial charge in [0.1, 0.15) is 0 Å². The maximum Gasteiger partial charge on any atom is 0.235 e. The van der Waals surface area contributed by atoms with Gasteiger partial charge < -0.3 is 0 Å². The third kappa shape index (κ3) is 2.89. The molecule has 2 aromatic heterocycles. The fourth-order valence-electron chi connectivity index (χ4n) is 4.93. The Morgan fingerprint density at radius 1 is 0.559 bits per heavy atom. The molecule has 0 saturated carbocycles. The molecule has 7 aromatic rings. The van der Waals surface area contributed by atoms with Crippen molar-refractivity contribution >= 4 is 59.4 Å². The van der Waals surface area contributed by atoms with E-state index in [-0.39, 0.29) is 0 Å². The molecule has 0 spiro atoms. The van der Waals surface area contributed by atoms with E-state index in [0.717, 1.165) is 43.1 Å². The van der Waals surface area contributed by atoms with E-state index in [1.165, 1.54) is 16.2 Å². The van der Waals surface area contributed by atoms with Gasteiger partial charge in [0.25, 0.3) is 0 Å². The minimum Gasteiger partial charge on any atom is -0.278 e. The fourth-order valence-corrected chi connectivity index (χ4v) is 5.29. The van der Waals surface area contributed by atoms with Crippen molar-refractivity contribution in [2.45, 2.75) is 0 Å². The van der Waals surface area contributed by atoms with E-state index in [2.05, 4.69) is 124 Å². The molecule has 7 rings (SSSR count). The van der Waals surface area contributed by atoms with Crippen molar-refractivity contribution < 1.29 is 0 Å². The molecule has 0 amide bonds. The summed E-state index contributed by atoms with van der Waals surface area (Å²) in [4.78, 5) is 10.4. The zero-order chi connectivity index (χ0) is 22.6. The molecule has 0 aliphatic rings. The Labute approximate surface area is 204 Å². The molecule has 2 heterocycles. The SMILES string of the molecule is Brc1ccc2c(c1)c1ccccc1n2-c1nc(-c2ccccc2)c2ccc3ccccc3c2n1. The lowest BCUT2D eigenvalue weighted by molar-refractivity contribution is 1.02. The summed E-state index contributed by atoms with van der Waals surface area (Å²) < 4.78 is 3.24. The Morgan fingerprint density at radius 2 is 1.29 bits per heavy atom. The van der Waals surface area contributed by atoms with Crippen molar-refractivity contribution in [1.29, 1.82) is 0 Å². The summed E-state index contributed by atoms with van der Waals surface area (Å²) in [5.74, 6) is 0.677. The summed E-state index contributed by atoms with van der Waals surface area (Å²) in [5.41, 5.74) is 5.16. The molecule has 3 nitrogen and oxygen atoms in total. The molecule has 0 saturated heterocycles. The van der Waals surface area contributed by atoms with Gasteiger partial charge in [0.15, 0.2) is 0 Å². The van der Waals surface area contributed by atoms with Crippen LogP contribution < -0.4 is 0 Å². The van der Waals surface area contributed by atoms with Crippen LogP contribution in [-0.4, -0.2) is 14.5 Å². The van der Waals surface area contributed by atoms with E-state index in [4.69, 9.17) is 9.97 Å². The zero-order valence-electron chi connectivity index (χ0n) is 18.1. The lowest BCUT2D eigenvalue weighted by Gasteiger charge is -2.13. The van der Waals surface area contributed by atoms with Crippen molar-refractivity contribution in [1.82, 2.24) is 14.5 Å².